The molecule has 1 unspecified atom stereocenters. The van der Waals surface area contributed by atoms with E-state index in [1.54, 1.807) is 0 Å². The second-order valence-corrected chi connectivity index (χ2v) is 9.25. The lowest BCUT2D eigenvalue weighted by molar-refractivity contribution is 0.218. The second kappa shape index (κ2) is 5.43. The molecule has 4 heteroatoms. The summed E-state index contributed by atoms with van der Waals surface area (Å²) in [5.41, 5.74) is 3.70. The maximum absolute atomic E-state index is 6.22. The molecule has 2 aromatic rings. The molecule has 1 aromatic heterocycles. The molecule has 0 saturated heterocycles. The Bertz CT molecular complexity index is 735. The minimum atomic E-state index is -0.259. The van der Waals surface area contributed by atoms with E-state index in [0.29, 0.717) is 0 Å². The van der Waals surface area contributed by atoms with Gasteiger partial charge < -0.3 is 14.5 Å². The van der Waals surface area contributed by atoms with E-state index < -0.39 is 0 Å². The van der Waals surface area contributed by atoms with Crippen LogP contribution in [0.3, 0.4) is 0 Å². The molecule has 1 aliphatic heterocycles. The number of anilines is 1. The van der Waals surface area contributed by atoms with Crippen molar-refractivity contribution in [1.29, 1.82) is 0 Å². The standard InChI is InChI=1S/C19H24INO2/c1-18(2,3)11-9-12(19(4,5)6)16-13(10-11)21-17(23-16)14-7-8-15(20)22-14/h7-10,17,21H,1-6H3. The summed E-state index contributed by atoms with van der Waals surface area (Å²) in [7, 11) is 0. The third kappa shape index (κ3) is 3.23. The lowest BCUT2D eigenvalue weighted by atomic mass is 9.80. The van der Waals surface area contributed by atoms with Gasteiger partial charge in [-0.15, -0.1) is 0 Å². The Morgan fingerprint density at radius 2 is 1.70 bits per heavy atom. The number of hydrogen-bond acceptors (Lipinski definition) is 3. The van der Waals surface area contributed by atoms with Crippen molar-refractivity contribution >= 4 is 28.3 Å². The Labute approximate surface area is 151 Å². The number of nitrogens with one attached hydrogen (secondary N) is 1. The molecule has 1 aliphatic rings. The van der Waals surface area contributed by atoms with E-state index >= 15 is 0 Å². The van der Waals surface area contributed by atoms with Gasteiger partial charge in [-0.2, -0.15) is 0 Å². The number of benzene rings is 1. The van der Waals surface area contributed by atoms with Crippen LogP contribution in [0, 0.1) is 3.77 Å². The molecule has 1 atom stereocenters. The number of furan rings is 1. The summed E-state index contributed by atoms with van der Waals surface area (Å²) in [5.74, 6) is 1.75. The summed E-state index contributed by atoms with van der Waals surface area (Å²) in [6, 6.07) is 8.41. The van der Waals surface area contributed by atoms with Crippen molar-refractivity contribution < 1.29 is 9.15 Å². The largest absolute Gasteiger partial charge is 0.461 e. The highest BCUT2D eigenvalue weighted by Crippen LogP contribution is 2.47. The van der Waals surface area contributed by atoms with Crippen LogP contribution in [-0.4, -0.2) is 0 Å². The molecular weight excluding hydrogens is 401 g/mol. The zero-order valence-electron chi connectivity index (χ0n) is 14.6. The van der Waals surface area contributed by atoms with E-state index in [9.17, 15) is 0 Å². The maximum Gasteiger partial charge on any atom is 0.229 e. The van der Waals surface area contributed by atoms with E-state index in [1.807, 2.05) is 12.1 Å². The van der Waals surface area contributed by atoms with Gasteiger partial charge in [0.05, 0.1) is 5.69 Å². The predicted molar refractivity (Wildman–Crippen MR) is 102 cm³/mol. The third-order valence-corrected chi connectivity index (χ3v) is 4.72. The van der Waals surface area contributed by atoms with Crippen LogP contribution in [0.5, 0.6) is 5.75 Å². The van der Waals surface area contributed by atoms with Crippen molar-refractivity contribution in [3.05, 3.63) is 44.9 Å². The Kier molecular flexibility index (Phi) is 3.94. The average Bonchev–Trinajstić information content (AvgIpc) is 3.00. The Morgan fingerprint density at radius 1 is 1.00 bits per heavy atom. The maximum atomic E-state index is 6.22. The van der Waals surface area contributed by atoms with E-state index in [1.165, 1.54) is 11.1 Å². The molecular formula is C19H24INO2. The summed E-state index contributed by atoms with van der Waals surface area (Å²) >= 11 is 2.17. The Hall–Kier alpha value is -1.17. The SMILES string of the molecule is CC(C)(C)c1cc2c(c(C(C)(C)C)c1)OC(c1ccc(I)o1)N2. The number of hydrogen-bond donors (Lipinski definition) is 1. The van der Waals surface area contributed by atoms with Crippen LogP contribution in [0.15, 0.2) is 28.7 Å². The van der Waals surface area contributed by atoms with Crippen LogP contribution >= 0.6 is 22.6 Å². The fourth-order valence-electron chi connectivity index (χ4n) is 2.74. The van der Waals surface area contributed by atoms with Crippen LogP contribution in [0.25, 0.3) is 0 Å². The first-order chi connectivity index (χ1) is 10.6. The minimum absolute atomic E-state index is 0.0134. The van der Waals surface area contributed by atoms with Gasteiger partial charge in [-0.05, 0) is 57.2 Å². The van der Waals surface area contributed by atoms with Gasteiger partial charge >= 0.3 is 0 Å². The van der Waals surface area contributed by atoms with E-state index in [4.69, 9.17) is 9.15 Å². The van der Waals surface area contributed by atoms with Crippen LogP contribution in [0.2, 0.25) is 0 Å². The molecule has 3 rings (SSSR count). The number of ether oxygens (including phenoxy) is 1. The predicted octanol–water partition coefficient (Wildman–Crippen LogP) is 5.98. The van der Waals surface area contributed by atoms with Crippen molar-refractivity contribution in [2.24, 2.45) is 0 Å². The zero-order chi connectivity index (χ0) is 17.0. The fourth-order valence-corrected chi connectivity index (χ4v) is 3.17. The van der Waals surface area contributed by atoms with Crippen molar-refractivity contribution in [3.63, 3.8) is 0 Å². The fraction of sp³-hybridized carbons (Fsp3) is 0.474. The first-order valence-electron chi connectivity index (χ1n) is 7.93. The molecule has 1 N–H and O–H groups in total. The normalized spacial score (nSPS) is 17.6. The molecule has 3 nitrogen and oxygen atoms in total. The smallest absolute Gasteiger partial charge is 0.229 e. The summed E-state index contributed by atoms with van der Waals surface area (Å²) in [5, 5.41) is 3.47. The van der Waals surface area contributed by atoms with Crippen LogP contribution < -0.4 is 10.1 Å². The number of rotatable bonds is 1. The molecule has 0 saturated carbocycles. The number of fused-ring (bicyclic) bond motifs is 1. The molecule has 0 radical (unpaired) electrons. The molecule has 0 fully saturated rings. The molecule has 0 bridgehead atoms. The summed E-state index contributed by atoms with van der Waals surface area (Å²) in [6.07, 6.45) is -0.259. The highest BCUT2D eigenvalue weighted by atomic mass is 127. The molecule has 2 heterocycles. The van der Waals surface area contributed by atoms with Gasteiger partial charge in [-0.3, -0.25) is 0 Å². The van der Waals surface area contributed by atoms with Gasteiger partial charge in [0.15, 0.2) is 9.53 Å². The molecule has 0 amide bonds. The van der Waals surface area contributed by atoms with Gasteiger partial charge in [-0.25, -0.2) is 0 Å². The van der Waals surface area contributed by atoms with E-state index in [-0.39, 0.29) is 17.1 Å². The van der Waals surface area contributed by atoms with E-state index in [0.717, 1.165) is 21.0 Å². The first-order valence-corrected chi connectivity index (χ1v) is 9.01. The zero-order valence-corrected chi connectivity index (χ0v) is 16.7. The van der Waals surface area contributed by atoms with Gasteiger partial charge in [-0.1, -0.05) is 47.6 Å². The van der Waals surface area contributed by atoms with Crippen molar-refractivity contribution in [1.82, 2.24) is 0 Å². The van der Waals surface area contributed by atoms with Gasteiger partial charge in [0.1, 0.15) is 5.75 Å². The van der Waals surface area contributed by atoms with Crippen molar-refractivity contribution in [2.45, 2.75) is 58.6 Å². The van der Waals surface area contributed by atoms with Crippen molar-refractivity contribution in [2.75, 3.05) is 5.32 Å². The highest BCUT2D eigenvalue weighted by Gasteiger charge is 2.33. The lowest BCUT2D eigenvalue weighted by Gasteiger charge is -2.26. The van der Waals surface area contributed by atoms with E-state index in [2.05, 4.69) is 81.6 Å². The molecule has 1 aromatic carbocycles. The van der Waals surface area contributed by atoms with Crippen LogP contribution in [0.1, 0.15) is 64.7 Å². The van der Waals surface area contributed by atoms with Gasteiger partial charge in [0.2, 0.25) is 6.23 Å². The topological polar surface area (TPSA) is 34.4 Å². The molecule has 0 aliphatic carbocycles. The molecule has 124 valence electrons. The highest BCUT2D eigenvalue weighted by molar-refractivity contribution is 14.1. The van der Waals surface area contributed by atoms with Crippen LogP contribution in [-0.2, 0) is 10.8 Å². The number of halogens is 1. The summed E-state index contributed by atoms with van der Waals surface area (Å²) in [6.45, 7) is 13.4. The van der Waals surface area contributed by atoms with Gasteiger partial charge in [0.25, 0.3) is 0 Å². The molecule has 23 heavy (non-hydrogen) atoms. The Balaban J connectivity index is 2.07. The first kappa shape index (κ1) is 16.7. The monoisotopic (exact) mass is 425 g/mol. The third-order valence-electron chi connectivity index (χ3n) is 4.14. The minimum Gasteiger partial charge on any atom is -0.461 e. The van der Waals surface area contributed by atoms with Crippen molar-refractivity contribution in [3.8, 4) is 5.75 Å². The molecule has 0 spiro atoms. The average molecular weight is 425 g/mol. The second-order valence-electron chi connectivity index (χ2n) is 8.18. The quantitative estimate of drug-likeness (QED) is 0.571. The summed E-state index contributed by atoms with van der Waals surface area (Å²) in [4.78, 5) is 0. The van der Waals surface area contributed by atoms with Crippen LogP contribution in [0.4, 0.5) is 5.69 Å². The Morgan fingerprint density at radius 3 is 2.22 bits per heavy atom. The van der Waals surface area contributed by atoms with Gasteiger partial charge in [0, 0.05) is 5.56 Å². The summed E-state index contributed by atoms with van der Waals surface area (Å²) < 4.78 is 12.8. The lowest BCUT2D eigenvalue weighted by Crippen LogP contribution is -2.17.